The smallest absolute Gasteiger partial charge is 0.345 e. The van der Waals surface area contributed by atoms with Gasteiger partial charge in [-0.3, -0.25) is 0 Å². The van der Waals surface area contributed by atoms with Gasteiger partial charge in [-0.2, -0.15) is 4.72 Å². The molecule has 158 valence electrons. The van der Waals surface area contributed by atoms with E-state index in [1.165, 1.54) is 30.3 Å². The van der Waals surface area contributed by atoms with E-state index in [0.29, 0.717) is 0 Å². The second-order valence-electron chi connectivity index (χ2n) is 7.07. The van der Waals surface area contributed by atoms with E-state index in [4.69, 9.17) is 4.42 Å². The third kappa shape index (κ3) is 4.08. The molecule has 0 bridgehead atoms. The van der Waals surface area contributed by atoms with Crippen molar-refractivity contribution in [3.8, 4) is 5.75 Å². The van der Waals surface area contributed by atoms with Crippen molar-refractivity contribution >= 4 is 21.0 Å². The van der Waals surface area contributed by atoms with Gasteiger partial charge in [-0.25, -0.2) is 17.6 Å². The molecule has 31 heavy (non-hydrogen) atoms. The van der Waals surface area contributed by atoms with Gasteiger partial charge in [0, 0.05) is 0 Å². The van der Waals surface area contributed by atoms with Crippen LogP contribution in [-0.4, -0.2) is 13.5 Å². The fraction of sp³-hybridized carbons (Fsp3) is 0.0870. The first-order chi connectivity index (χ1) is 14.8. The Bertz CT molecular complexity index is 1410. The van der Waals surface area contributed by atoms with E-state index < -0.39 is 33.3 Å². The highest BCUT2D eigenvalue weighted by molar-refractivity contribution is 7.89. The van der Waals surface area contributed by atoms with Gasteiger partial charge in [0.25, 0.3) is 0 Å². The molecule has 8 heteroatoms. The lowest BCUT2D eigenvalue weighted by Crippen LogP contribution is -2.32. The molecule has 3 aromatic carbocycles. The second kappa shape index (κ2) is 7.98. The molecule has 2 N–H and O–H groups in total. The number of aryl methyl sites for hydroxylation is 1. The molecule has 0 aliphatic heterocycles. The highest BCUT2D eigenvalue weighted by Crippen LogP contribution is 2.33. The standard InChI is InChI=1S/C23H18FNO5S/c1-14-6-12-17(13-7-14)31(28,29)25-21(15-8-10-16(24)11-9-15)20-22(26)18-4-2-3-5-19(18)30-23(20)27/h2-13,21,25-26H,1H3/t21-/m0/s1. The number of nitrogens with one attached hydrogen (secondary N) is 1. The van der Waals surface area contributed by atoms with Gasteiger partial charge in [0.2, 0.25) is 10.0 Å². The number of sulfonamides is 1. The van der Waals surface area contributed by atoms with Gasteiger partial charge in [0.1, 0.15) is 22.7 Å². The van der Waals surface area contributed by atoms with Crippen molar-refractivity contribution in [2.45, 2.75) is 17.9 Å². The third-order valence-corrected chi connectivity index (χ3v) is 6.35. The van der Waals surface area contributed by atoms with E-state index in [2.05, 4.69) is 4.72 Å². The Morgan fingerprint density at radius 1 is 0.968 bits per heavy atom. The van der Waals surface area contributed by atoms with Crippen molar-refractivity contribution in [1.82, 2.24) is 4.72 Å². The average Bonchev–Trinajstić information content (AvgIpc) is 2.74. The summed E-state index contributed by atoms with van der Waals surface area (Å²) in [4.78, 5) is 12.7. The summed E-state index contributed by atoms with van der Waals surface area (Å²) in [7, 11) is -4.10. The minimum atomic E-state index is -4.10. The molecule has 6 nitrogen and oxygen atoms in total. The minimum Gasteiger partial charge on any atom is -0.507 e. The average molecular weight is 439 g/mol. The fourth-order valence-electron chi connectivity index (χ4n) is 3.29. The molecule has 1 heterocycles. The highest BCUT2D eigenvalue weighted by Gasteiger charge is 2.29. The summed E-state index contributed by atoms with van der Waals surface area (Å²) in [5.41, 5.74) is 0.0999. The van der Waals surface area contributed by atoms with E-state index in [1.807, 2.05) is 6.92 Å². The number of aromatic hydroxyl groups is 1. The number of fused-ring (bicyclic) bond motifs is 1. The van der Waals surface area contributed by atoms with Crippen molar-refractivity contribution in [3.05, 3.63) is 106 Å². The summed E-state index contributed by atoms with van der Waals surface area (Å²) >= 11 is 0. The molecule has 1 atom stereocenters. The molecule has 0 unspecified atom stereocenters. The first-order valence-corrected chi connectivity index (χ1v) is 10.8. The minimum absolute atomic E-state index is 0.0186. The van der Waals surface area contributed by atoms with Crippen LogP contribution in [0.3, 0.4) is 0 Å². The predicted octanol–water partition coefficient (Wildman–Crippen LogP) is 4.01. The van der Waals surface area contributed by atoms with Crippen molar-refractivity contribution in [3.63, 3.8) is 0 Å². The molecule has 0 aliphatic carbocycles. The summed E-state index contributed by atoms with van der Waals surface area (Å²) in [6.45, 7) is 1.82. The Labute approximate surface area is 177 Å². The van der Waals surface area contributed by atoms with Gasteiger partial charge in [0.15, 0.2) is 0 Å². The summed E-state index contributed by atoms with van der Waals surface area (Å²) in [6, 6.07) is 16.2. The number of halogens is 1. The number of rotatable bonds is 5. The molecule has 0 saturated carbocycles. The quantitative estimate of drug-likeness (QED) is 0.458. The molecule has 0 fully saturated rings. The number of benzene rings is 3. The fourth-order valence-corrected chi connectivity index (χ4v) is 4.49. The lowest BCUT2D eigenvalue weighted by atomic mass is 9.99. The van der Waals surface area contributed by atoms with Gasteiger partial charge >= 0.3 is 5.63 Å². The van der Waals surface area contributed by atoms with E-state index in [0.717, 1.165) is 17.7 Å². The first kappa shape index (κ1) is 20.8. The van der Waals surface area contributed by atoms with E-state index >= 15 is 0 Å². The molecule has 0 saturated heterocycles. The number of hydrogen-bond acceptors (Lipinski definition) is 5. The Morgan fingerprint density at radius 2 is 1.61 bits per heavy atom. The summed E-state index contributed by atoms with van der Waals surface area (Å²) in [5, 5.41) is 11.1. The first-order valence-electron chi connectivity index (χ1n) is 9.35. The maximum atomic E-state index is 13.5. The van der Waals surface area contributed by atoms with Crippen LogP contribution >= 0.6 is 0 Å². The van der Waals surface area contributed by atoms with Gasteiger partial charge < -0.3 is 9.52 Å². The maximum Gasteiger partial charge on any atom is 0.345 e. The maximum absolute atomic E-state index is 13.5. The molecule has 0 amide bonds. The molecular formula is C23H18FNO5S. The number of hydrogen-bond donors (Lipinski definition) is 2. The highest BCUT2D eigenvalue weighted by atomic mass is 32.2. The van der Waals surface area contributed by atoms with E-state index in [-0.39, 0.29) is 27.0 Å². The lowest BCUT2D eigenvalue weighted by molar-refractivity contribution is 0.448. The zero-order chi connectivity index (χ0) is 22.2. The van der Waals surface area contributed by atoms with Crippen LogP contribution in [0.1, 0.15) is 22.7 Å². The van der Waals surface area contributed by atoms with Gasteiger partial charge in [-0.1, -0.05) is 42.0 Å². The van der Waals surface area contributed by atoms with Crippen LogP contribution in [-0.2, 0) is 10.0 Å². The van der Waals surface area contributed by atoms with Crippen molar-refractivity contribution in [2.75, 3.05) is 0 Å². The molecule has 0 aliphatic rings. The van der Waals surface area contributed by atoms with Crippen LogP contribution in [0.2, 0.25) is 0 Å². The van der Waals surface area contributed by atoms with Gasteiger partial charge in [-0.15, -0.1) is 0 Å². The van der Waals surface area contributed by atoms with Crippen LogP contribution < -0.4 is 10.3 Å². The molecular weight excluding hydrogens is 421 g/mol. The summed E-state index contributed by atoms with van der Waals surface area (Å²) < 4.78 is 47.4. The summed E-state index contributed by atoms with van der Waals surface area (Å²) in [6.07, 6.45) is 0. The van der Waals surface area contributed by atoms with Crippen molar-refractivity contribution < 1.29 is 22.3 Å². The molecule has 0 spiro atoms. The van der Waals surface area contributed by atoms with Crippen LogP contribution in [0.15, 0.2) is 86.9 Å². The SMILES string of the molecule is Cc1ccc(S(=O)(=O)N[C@@H](c2ccc(F)cc2)c2c(O)c3ccccc3oc2=O)cc1. The zero-order valence-electron chi connectivity index (χ0n) is 16.4. The van der Waals surface area contributed by atoms with E-state index in [1.54, 1.807) is 30.3 Å². The number of para-hydroxylation sites is 1. The van der Waals surface area contributed by atoms with Crippen LogP contribution in [0.5, 0.6) is 5.75 Å². The second-order valence-corrected chi connectivity index (χ2v) is 8.78. The topological polar surface area (TPSA) is 96.6 Å². The third-order valence-electron chi connectivity index (χ3n) is 4.92. The Kier molecular flexibility index (Phi) is 5.34. The van der Waals surface area contributed by atoms with Crippen LogP contribution in [0.25, 0.3) is 11.0 Å². The monoisotopic (exact) mass is 439 g/mol. The van der Waals surface area contributed by atoms with Gasteiger partial charge in [0.05, 0.1) is 16.3 Å². The molecule has 0 radical (unpaired) electrons. The Balaban J connectivity index is 1.90. The van der Waals surface area contributed by atoms with Gasteiger partial charge in [-0.05, 0) is 48.9 Å². The van der Waals surface area contributed by atoms with Crippen molar-refractivity contribution in [1.29, 1.82) is 0 Å². The largest absolute Gasteiger partial charge is 0.507 e. The zero-order valence-corrected chi connectivity index (χ0v) is 17.2. The molecule has 4 rings (SSSR count). The Morgan fingerprint density at radius 3 is 2.29 bits per heavy atom. The van der Waals surface area contributed by atoms with E-state index in [9.17, 15) is 22.7 Å². The van der Waals surface area contributed by atoms with Crippen LogP contribution in [0.4, 0.5) is 4.39 Å². The molecule has 4 aromatic rings. The lowest BCUT2D eigenvalue weighted by Gasteiger charge is -2.20. The normalized spacial score (nSPS) is 12.7. The Hall–Kier alpha value is -3.49. The van der Waals surface area contributed by atoms with Crippen molar-refractivity contribution in [2.24, 2.45) is 0 Å². The molecule has 1 aromatic heterocycles. The predicted molar refractivity (Wildman–Crippen MR) is 114 cm³/mol. The van der Waals surface area contributed by atoms with Crippen LogP contribution in [0, 0.1) is 12.7 Å². The summed E-state index contributed by atoms with van der Waals surface area (Å²) in [5.74, 6) is -0.938.